The van der Waals surface area contributed by atoms with Crippen LogP contribution in [0.25, 0.3) is 0 Å². The van der Waals surface area contributed by atoms with Gasteiger partial charge in [0.2, 0.25) is 0 Å². The first-order valence-electron chi connectivity index (χ1n) is 4.93. The van der Waals surface area contributed by atoms with Gasteiger partial charge in [0.1, 0.15) is 0 Å². The van der Waals surface area contributed by atoms with Gasteiger partial charge >= 0.3 is 0 Å². The fourth-order valence-electron chi connectivity index (χ4n) is 1.73. The molecule has 2 nitrogen and oxygen atoms in total. The monoisotopic (exact) mass is 172 g/mol. The van der Waals surface area contributed by atoms with E-state index in [1.54, 1.807) is 0 Å². The van der Waals surface area contributed by atoms with Crippen LogP contribution in [0.15, 0.2) is 0 Å². The van der Waals surface area contributed by atoms with Crippen molar-refractivity contribution in [2.45, 2.75) is 45.8 Å². The largest absolute Gasteiger partial charge is 0.381 e. The van der Waals surface area contributed by atoms with Gasteiger partial charge in [0.25, 0.3) is 0 Å². The lowest BCUT2D eigenvalue weighted by Gasteiger charge is -2.28. The topological polar surface area (TPSA) is 18.5 Å². The van der Waals surface area contributed by atoms with Crippen LogP contribution >= 0.6 is 0 Å². The van der Waals surface area contributed by atoms with Crippen molar-refractivity contribution in [2.24, 2.45) is 5.92 Å². The number of ether oxygens (including phenoxy) is 2. The maximum atomic E-state index is 5.73. The first-order chi connectivity index (χ1) is 5.70. The summed E-state index contributed by atoms with van der Waals surface area (Å²) < 4.78 is 11.0. The Bertz CT molecular complexity index is 117. The van der Waals surface area contributed by atoms with Crippen LogP contribution in [0.5, 0.6) is 0 Å². The van der Waals surface area contributed by atoms with E-state index >= 15 is 0 Å². The molecule has 0 N–H and O–H groups in total. The summed E-state index contributed by atoms with van der Waals surface area (Å²) in [5.41, 5.74) is 0. The Morgan fingerprint density at radius 2 is 1.75 bits per heavy atom. The van der Waals surface area contributed by atoms with Crippen LogP contribution in [-0.2, 0) is 9.47 Å². The highest BCUT2D eigenvalue weighted by molar-refractivity contribution is 4.70. The van der Waals surface area contributed by atoms with Crippen molar-refractivity contribution in [1.82, 2.24) is 0 Å². The van der Waals surface area contributed by atoms with Gasteiger partial charge in [0.15, 0.2) is 0 Å². The Kier molecular flexibility index (Phi) is 4.02. The first kappa shape index (κ1) is 10.0. The lowest BCUT2D eigenvalue weighted by atomic mass is 9.95. The van der Waals surface area contributed by atoms with Crippen molar-refractivity contribution < 1.29 is 9.47 Å². The van der Waals surface area contributed by atoms with Crippen LogP contribution in [0, 0.1) is 5.92 Å². The molecule has 1 rings (SSSR count). The van der Waals surface area contributed by atoms with Crippen LogP contribution in [0.2, 0.25) is 0 Å². The van der Waals surface area contributed by atoms with Crippen LogP contribution in [-0.4, -0.2) is 25.4 Å². The molecule has 0 aromatic carbocycles. The van der Waals surface area contributed by atoms with Gasteiger partial charge in [-0.1, -0.05) is 0 Å². The molecule has 1 heterocycles. The Morgan fingerprint density at radius 3 is 2.25 bits per heavy atom. The maximum absolute atomic E-state index is 5.73. The van der Waals surface area contributed by atoms with E-state index < -0.39 is 0 Å². The highest BCUT2D eigenvalue weighted by Crippen LogP contribution is 2.21. The summed E-state index contributed by atoms with van der Waals surface area (Å²) in [6, 6.07) is 0. The summed E-state index contributed by atoms with van der Waals surface area (Å²) in [5.74, 6) is 0.709. The molecule has 0 amide bonds. The quantitative estimate of drug-likeness (QED) is 0.650. The maximum Gasteiger partial charge on any atom is 0.0580 e. The molecule has 0 saturated carbocycles. The molecule has 0 aliphatic carbocycles. The second-order valence-corrected chi connectivity index (χ2v) is 3.84. The van der Waals surface area contributed by atoms with Crippen molar-refractivity contribution >= 4 is 0 Å². The average molecular weight is 172 g/mol. The Labute approximate surface area is 75.2 Å². The SMILES string of the molecule is CC(C)O[C@@H](C)C1CCOCC1. The van der Waals surface area contributed by atoms with Gasteiger partial charge in [-0.25, -0.2) is 0 Å². The van der Waals surface area contributed by atoms with E-state index in [-0.39, 0.29) is 0 Å². The summed E-state index contributed by atoms with van der Waals surface area (Å²) in [6.45, 7) is 8.19. The Hall–Kier alpha value is -0.0800. The van der Waals surface area contributed by atoms with Gasteiger partial charge in [0.05, 0.1) is 12.2 Å². The van der Waals surface area contributed by atoms with E-state index in [4.69, 9.17) is 9.47 Å². The third-order valence-corrected chi connectivity index (χ3v) is 2.42. The molecule has 0 unspecified atom stereocenters. The molecule has 1 fully saturated rings. The van der Waals surface area contributed by atoms with E-state index in [1.165, 1.54) is 0 Å². The molecule has 1 atom stereocenters. The highest BCUT2D eigenvalue weighted by Gasteiger charge is 2.21. The predicted molar refractivity (Wildman–Crippen MR) is 49.2 cm³/mol. The summed E-state index contributed by atoms with van der Waals surface area (Å²) in [6.07, 6.45) is 3.07. The summed E-state index contributed by atoms with van der Waals surface area (Å²) in [4.78, 5) is 0. The van der Waals surface area contributed by atoms with E-state index in [1.807, 2.05) is 0 Å². The molecule has 1 saturated heterocycles. The van der Waals surface area contributed by atoms with Crippen LogP contribution in [0.4, 0.5) is 0 Å². The second-order valence-electron chi connectivity index (χ2n) is 3.84. The summed E-state index contributed by atoms with van der Waals surface area (Å²) in [7, 11) is 0. The lowest BCUT2D eigenvalue weighted by molar-refractivity contribution is -0.0493. The van der Waals surface area contributed by atoms with Crippen LogP contribution < -0.4 is 0 Å². The fourth-order valence-corrected chi connectivity index (χ4v) is 1.73. The number of rotatable bonds is 3. The van der Waals surface area contributed by atoms with E-state index in [2.05, 4.69) is 20.8 Å². The molecule has 0 aromatic heterocycles. The minimum Gasteiger partial charge on any atom is -0.381 e. The molecule has 0 radical (unpaired) electrons. The van der Waals surface area contributed by atoms with Crippen molar-refractivity contribution in [2.75, 3.05) is 13.2 Å². The molecule has 12 heavy (non-hydrogen) atoms. The molecule has 1 aliphatic rings. The third kappa shape index (κ3) is 3.11. The zero-order valence-electron chi connectivity index (χ0n) is 8.38. The molecule has 0 bridgehead atoms. The number of hydrogen-bond acceptors (Lipinski definition) is 2. The van der Waals surface area contributed by atoms with E-state index in [0.717, 1.165) is 26.1 Å². The number of hydrogen-bond donors (Lipinski definition) is 0. The smallest absolute Gasteiger partial charge is 0.0580 e. The van der Waals surface area contributed by atoms with Crippen molar-refractivity contribution in [3.63, 3.8) is 0 Å². The summed E-state index contributed by atoms with van der Waals surface area (Å²) >= 11 is 0. The van der Waals surface area contributed by atoms with Gasteiger partial charge in [-0.05, 0) is 39.5 Å². The third-order valence-electron chi connectivity index (χ3n) is 2.42. The average Bonchev–Trinajstić information content (AvgIpc) is 2.05. The van der Waals surface area contributed by atoms with Gasteiger partial charge in [-0.15, -0.1) is 0 Å². The molecule has 0 spiro atoms. The lowest BCUT2D eigenvalue weighted by Crippen LogP contribution is -2.29. The van der Waals surface area contributed by atoms with Gasteiger partial charge in [-0.3, -0.25) is 0 Å². The first-order valence-corrected chi connectivity index (χ1v) is 4.93. The molecular weight excluding hydrogens is 152 g/mol. The Balaban J connectivity index is 2.24. The Morgan fingerprint density at radius 1 is 1.17 bits per heavy atom. The molecule has 2 heteroatoms. The molecule has 72 valence electrons. The van der Waals surface area contributed by atoms with Gasteiger partial charge in [0, 0.05) is 13.2 Å². The fraction of sp³-hybridized carbons (Fsp3) is 1.00. The van der Waals surface area contributed by atoms with Crippen LogP contribution in [0.1, 0.15) is 33.6 Å². The zero-order valence-corrected chi connectivity index (χ0v) is 8.38. The molecule has 0 aromatic rings. The standard InChI is InChI=1S/C10H20O2/c1-8(2)12-9(3)10-4-6-11-7-5-10/h8-10H,4-7H2,1-3H3/t9-/m0/s1. The summed E-state index contributed by atoms with van der Waals surface area (Å²) in [5, 5.41) is 0. The van der Waals surface area contributed by atoms with Gasteiger partial charge < -0.3 is 9.47 Å². The normalized spacial score (nSPS) is 23.0. The highest BCUT2D eigenvalue weighted by atomic mass is 16.5. The van der Waals surface area contributed by atoms with Gasteiger partial charge in [-0.2, -0.15) is 0 Å². The zero-order chi connectivity index (χ0) is 8.97. The molecular formula is C10H20O2. The molecule has 1 aliphatic heterocycles. The van der Waals surface area contributed by atoms with E-state index in [9.17, 15) is 0 Å². The van der Waals surface area contributed by atoms with Crippen LogP contribution in [0.3, 0.4) is 0 Å². The van der Waals surface area contributed by atoms with E-state index in [0.29, 0.717) is 18.1 Å². The van der Waals surface area contributed by atoms with Crippen molar-refractivity contribution in [3.8, 4) is 0 Å². The van der Waals surface area contributed by atoms with Crippen molar-refractivity contribution in [3.05, 3.63) is 0 Å². The second kappa shape index (κ2) is 4.83. The minimum absolute atomic E-state index is 0.350. The van der Waals surface area contributed by atoms with Crippen molar-refractivity contribution in [1.29, 1.82) is 0 Å². The predicted octanol–water partition coefficient (Wildman–Crippen LogP) is 2.23. The minimum atomic E-state index is 0.350.